The number of carbonyl (C=O) groups excluding carboxylic acids is 2. The van der Waals surface area contributed by atoms with Crippen LogP contribution < -0.4 is 9.62 Å². The Morgan fingerprint density at radius 3 is 2.09 bits per heavy atom. The predicted molar refractivity (Wildman–Crippen MR) is 176 cm³/mol. The molecular formula is C36H40FN3O4S. The lowest BCUT2D eigenvalue weighted by Crippen LogP contribution is -2.54. The summed E-state index contributed by atoms with van der Waals surface area (Å²) in [5.74, 6) is -1.59. The molecular weight excluding hydrogens is 589 g/mol. The minimum atomic E-state index is -4.23. The first-order valence-electron chi connectivity index (χ1n) is 14.9. The van der Waals surface area contributed by atoms with Crippen molar-refractivity contribution < 1.29 is 22.4 Å². The van der Waals surface area contributed by atoms with Gasteiger partial charge >= 0.3 is 0 Å². The Bertz CT molecular complexity index is 1740. The molecule has 9 heteroatoms. The molecule has 4 aromatic carbocycles. The van der Waals surface area contributed by atoms with E-state index >= 15 is 4.39 Å². The van der Waals surface area contributed by atoms with E-state index in [1.54, 1.807) is 49.4 Å². The number of nitrogens with one attached hydrogen (secondary N) is 1. The van der Waals surface area contributed by atoms with Crippen LogP contribution >= 0.6 is 0 Å². The highest BCUT2D eigenvalue weighted by Gasteiger charge is 2.35. The van der Waals surface area contributed by atoms with Gasteiger partial charge in [0.1, 0.15) is 18.4 Å². The van der Waals surface area contributed by atoms with Crippen molar-refractivity contribution >= 4 is 27.5 Å². The second-order valence-corrected chi connectivity index (χ2v) is 13.5. The molecule has 2 amide bonds. The summed E-state index contributed by atoms with van der Waals surface area (Å²) in [7, 11) is -4.23. The molecule has 0 heterocycles. The molecule has 4 aromatic rings. The van der Waals surface area contributed by atoms with Gasteiger partial charge in [0.2, 0.25) is 11.8 Å². The molecule has 45 heavy (non-hydrogen) atoms. The highest BCUT2D eigenvalue weighted by Crippen LogP contribution is 2.29. The van der Waals surface area contributed by atoms with Gasteiger partial charge in [-0.15, -0.1) is 0 Å². The molecule has 0 saturated heterocycles. The van der Waals surface area contributed by atoms with Crippen LogP contribution in [0.1, 0.15) is 41.7 Å². The number of amides is 2. The Balaban J connectivity index is 1.84. The summed E-state index contributed by atoms with van der Waals surface area (Å²) >= 11 is 0. The van der Waals surface area contributed by atoms with Crippen molar-refractivity contribution in [2.75, 3.05) is 10.8 Å². The number of nitrogens with zero attached hydrogens (tertiary/aromatic N) is 2. The van der Waals surface area contributed by atoms with Gasteiger partial charge in [-0.05, 0) is 75.6 Å². The van der Waals surface area contributed by atoms with Crippen molar-refractivity contribution in [3.05, 3.63) is 131 Å². The van der Waals surface area contributed by atoms with Gasteiger partial charge in [0.25, 0.3) is 10.0 Å². The number of sulfonamides is 1. The standard InChI is InChI=1S/C36H40FN3O4S/c1-25(2)38-36(42)34(22-29-11-7-6-8-12-29)39(23-30-13-9-10-14-32(30)37)35(41)24-40(33-21-27(4)15-18-28(33)5)45(43,44)31-19-16-26(3)17-20-31/h6-21,25,34H,22-24H2,1-5H3,(H,38,42). The van der Waals surface area contributed by atoms with E-state index in [0.29, 0.717) is 11.3 Å². The summed E-state index contributed by atoms with van der Waals surface area (Å²) in [4.78, 5) is 29.6. The van der Waals surface area contributed by atoms with Gasteiger partial charge in [-0.1, -0.05) is 78.4 Å². The number of benzene rings is 4. The number of rotatable bonds is 12. The third-order valence-corrected chi connectivity index (χ3v) is 9.30. The van der Waals surface area contributed by atoms with Crippen LogP contribution in [0.15, 0.2) is 102 Å². The number of halogens is 1. The van der Waals surface area contributed by atoms with Gasteiger partial charge in [0.05, 0.1) is 10.6 Å². The number of anilines is 1. The highest BCUT2D eigenvalue weighted by molar-refractivity contribution is 7.92. The number of hydrogen-bond acceptors (Lipinski definition) is 4. The molecule has 0 fully saturated rings. The molecule has 0 aliphatic heterocycles. The lowest BCUT2D eigenvalue weighted by molar-refractivity contribution is -0.140. The fourth-order valence-electron chi connectivity index (χ4n) is 5.08. The van der Waals surface area contributed by atoms with Crippen LogP contribution in [0.25, 0.3) is 0 Å². The average Bonchev–Trinajstić information content (AvgIpc) is 3.00. The van der Waals surface area contributed by atoms with Crippen molar-refractivity contribution in [3.63, 3.8) is 0 Å². The lowest BCUT2D eigenvalue weighted by atomic mass is 10.0. The first kappa shape index (κ1) is 33.4. The summed E-state index contributed by atoms with van der Waals surface area (Å²) in [5.41, 5.74) is 3.71. The third-order valence-electron chi connectivity index (χ3n) is 7.52. The van der Waals surface area contributed by atoms with Crippen LogP contribution in [0.5, 0.6) is 0 Å². The summed E-state index contributed by atoms with van der Waals surface area (Å²) < 4.78 is 44.6. The average molecular weight is 630 g/mol. The lowest BCUT2D eigenvalue weighted by Gasteiger charge is -2.34. The summed E-state index contributed by atoms with van der Waals surface area (Å²) in [6.07, 6.45) is 0.147. The maximum Gasteiger partial charge on any atom is 0.264 e. The maximum atomic E-state index is 15.0. The first-order chi connectivity index (χ1) is 21.4. The molecule has 0 aliphatic carbocycles. The minimum Gasteiger partial charge on any atom is -0.352 e. The van der Waals surface area contributed by atoms with E-state index < -0.39 is 40.2 Å². The fourth-order valence-corrected chi connectivity index (χ4v) is 6.55. The third kappa shape index (κ3) is 8.36. The van der Waals surface area contributed by atoms with Gasteiger partial charge in [0.15, 0.2) is 0 Å². The summed E-state index contributed by atoms with van der Waals surface area (Å²) in [5, 5.41) is 2.90. The van der Waals surface area contributed by atoms with E-state index in [1.807, 2.05) is 64.1 Å². The molecule has 1 N–H and O–H groups in total. The van der Waals surface area contributed by atoms with Crippen LogP contribution in [0.3, 0.4) is 0 Å². The molecule has 236 valence electrons. The SMILES string of the molecule is Cc1ccc(S(=O)(=O)N(CC(=O)N(Cc2ccccc2F)C(Cc2ccccc2)C(=O)NC(C)C)c2cc(C)ccc2C)cc1. The fraction of sp³-hybridized carbons (Fsp3) is 0.278. The van der Waals surface area contributed by atoms with Crippen LogP contribution in [0.4, 0.5) is 10.1 Å². The molecule has 0 aromatic heterocycles. The minimum absolute atomic E-state index is 0.0286. The molecule has 0 saturated carbocycles. The summed E-state index contributed by atoms with van der Waals surface area (Å²) in [6, 6.07) is 25.8. The normalized spacial score (nSPS) is 12.1. The van der Waals surface area contributed by atoms with Gasteiger partial charge in [0, 0.05) is 24.6 Å². The number of carbonyl (C=O) groups is 2. The maximum absolute atomic E-state index is 15.0. The quantitative estimate of drug-likeness (QED) is 0.205. The number of aryl methyl sites for hydroxylation is 3. The van der Waals surface area contributed by atoms with Crippen molar-refractivity contribution in [1.82, 2.24) is 10.2 Å². The number of hydrogen-bond donors (Lipinski definition) is 1. The van der Waals surface area contributed by atoms with Crippen molar-refractivity contribution in [2.24, 2.45) is 0 Å². The Morgan fingerprint density at radius 2 is 1.44 bits per heavy atom. The second-order valence-electron chi connectivity index (χ2n) is 11.6. The molecule has 1 atom stereocenters. The van der Waals surface area contributed by atoms with Crippen LogP contribution in [-0.2, 0) is 32.6 Å². The molecule has 0 radical (unpaired) electrons. The van der Waals surface area contributed by atoms with Crippen molar-refractivity contribution in [2.45, 2.75) is 64.6 Å². The first-order valence-corrected chi connectivity index (χ1v) is 16.3. The Hall–Kier alpha value is -4.50. The van der Waals surface area contributed by atoms with E-state index in [-0.39, 0.29) is 29.5 Å². The van der Waals surface area contributed by atoms with Gasteiger partial charge < -0.3 is 10.2 Å². The highest BCUT2D eigenvalue weighted by atomic mass is 32.2. The smallest absolute Gasteiger partial charge is 0.264 e. The molecule has 0 bridgehead atoms. The molecule has 0 aliphatic rings. The van der Waals surface area contributed by atoms with Crippen molar-refractivity contribution in [3.8, 4) is 0 Å². The van der Waals surface area contributed by atoms with Crippen LogP contribution in [-0.4, -0.2) is 43.8 Å². The van der Waals surface area contributed by atoms with Crippen LogP contribution in [0, 0.1) is 26.6 Å². The monoisotopic (exact) mass is 629 g/mol. The van der Waals surface area contributed by atoms with E-state index in [9.17, 15) is 18.0 Å². The zero-order valence-electron chi connectivity index (χ0n) is 26.3. The van der Waals surface area contributed by atoms with E-state index in [4.69, 9.17) is 0 Å². The van der Waals surface area contributed by atoms with Crippen LogP contribution in [0.2, 0.25) is 0 Å². The summed E-state index contributed by atoms with van der Waals surface area (Å²) in [6.45, 7) is 8.28. The topological polar surface area (TPSA) is 86.8 Å². The second kappa shape index (κ2) is 14.5. The Morgan fingerprint density at radius 1 is 0.822 bits per heavy atom. The van der Waals surface area contributed by atoms with Gasteiger partial charge in [-0.2, -0.15) is 0 Å². The Kier molecular flexibility index (Phi) is 10.8. The molecule has 1 unspecified atom stereocenters. The van der Waals surface area contributed by atoms with E-state index in [0.717, 1.165) is 21.0 Å². The largest absolute Gasteiger partial charge is 0.352 e. The van der Waals surface area contributed by atoms with Gasteiger partial charge in [-0.25, -0.2) is 12.8 Å². The zero-order valence-corrected chi connectivity index (χ0v) is 27.1. The van der Waals surface area contributed by atoms with Crippen molar-refractivity contribution in [1.29, 1.82) is 0 Å². The zero-order chi connectivity index (χ0) is 32.7. The molecule has 7 nitrogen and oxygen atoms in total. The molecule has 4 rings (SSSR count). The molecule has 0 spiro atoms. The van der Waals surface area contributed by atoms with E-state index in [2.05, 4.69) is 5.32 Å². The van der Waals surface area contributed by atoms with Gasteiger partial charge in [-0.3, -0.25) is 13.9 Å². The Labute approximate surface area is 265 Å². The predicted octanol–water partition coefficient (Wildman–Crippen LogP) is 6.11. The van der Waals surface area contributed by atoms with E-state index in [1.165, 1.54) is 23.1 Å².